The van der Waals surface area contributed by atoms with Gasteiger partial charge in [0, 0.05) is 19.2 Å². The maximum absolute atomic E-state index is 12.8. The second-order valence-corrected chi connectivity index (χ2v) is 5.94. The highest BCUT2D eigenvalue weighted by atomic mass is 127. The van der Waals surface area contributed by atoms with Gasteiger partial charge in [0.15, 0.2) is 0 Å². The van der Waals surface area contributed by atoms with E-state index in [2.05, 4.69) is 0 Å². The zero-order valence-corrected chi connectivity index (χ0v) is 12.9. The molecular formula is C13H6Cl2F3I. The minimum atomic E-state index is -4.39. The highest BCUT2D eigenvalue weighted by Gasteiger charge is 2.31. The number of alkyl halides is 3. The van der Waals surface area contributed by atoms with Crippen molar-refractivity contribution in [2.24, 2.45) is 0 Å². The summed E-state index contributed by atoms with van der Waals surface area (Å²) in [7, 11) is 0. The number of rotatable bonds is 1. The van der Waals surface area contributed by atoms with E-state index in [1.54, 1.807) is 24.3 Å². The van der Waals surface area contributed by atoms with Crippen molar-refractivity contribution in [2.45, 2.75) is 6.18 Å². The zero-order valence-electron chi connectivity index (χ0n) is 9.23. The van der Waals surface area contributed by atoms with Crippen molar-refractivity contribution in [1.82, 2.24) is 0 Å². The van der Waals surface area contributed by atoms with Crippen LogP contribution in [0.15, 0.2) is 36.4 Å². The van der Waals surface area contributed by atoms with Crippen LogP contribution in [-0.4, -0.2) is 0 Å². The molecule has 0 fully saturated rings. The monoisotopic (exact) mass is 416 g/mol. The molecule has 19 heavy (non-hydrogen) atoms. The zero-order chi connectivity index (χ0) is 14.2. The van der Waals surface area contributed by atoms with Gasteiger partial charge in [-0.15, -0.1) is 0 Å². The fourth-order valence-corrected chi connectivity index (χ4v) is 2.70. The van der Waals surface area contributed by atoms with Gasteiger partial charge >= 0.3 is 6.18 Å². The first-order valence-electron chi connectivity index (χ1n) is 5.10. The summed E-state index contributed by atoms with van der Waals surface area (Å²) in [6.07, 6.45) is -4.39. The van der Waals surface area contributed by atoms with Crippen molar-refractivity contribution in [2.75, 3.05) is 0 Å². The Kier molecular flexibility index (Phi) is 4.32. The molecule has 0 saturated carbocycles. The Morgan fingerprint density at radius 3 is 2.26 bits per heavy atom. The lowest BCUT2D eigenvalue weighted by Crippen LogP contribution is -2.05. The lowest BCUT2D eigenvalue weighted by molar-refractivity contribution is -0.137. The minimum Gasteiger partial charge on any atom is -0.166 e. The largest absolute Gasteiger partial charge is 0.416 e. The van der Waals surface area contributed by atoms with Gasteiger partial charge < -0.3 is 0 Å². The first kappa shape index (κ1) is 14.9. The van der Waals surface area contributed by atoms with Crippen molar-refractivity contribution in [3.63, 3.8) is 0 Å². The van der Waals surface area contributed by atoms with Gasteiger partial charge in [-0.3, -0.25) is 0 Å². The molecule has 0 aliphatic rings. The highest BCUT2D eigenvalue weighted by Crippen LogP contribution is 2.36. The smallest absolute Gasteiger partial charge is 0.166 e. The maximum atomic E-state index is 12.8. The van der Waals surface area contributed by atoms with E-state index in [0.29, 0.717) is 24.7 Å². The molecule has 0 radical (unpaired) electrons. The molecule has 2 aromatic carbocycles. The van der Waals surface area contributed by atoms with Gasteiger partial charge in [-0.2, -0.15) is 13.2 Å². The Bertz CT molecular complexity index is 624. The van der Waals surface area contributed by atoms with Crippen molar-refractivity contribution in [3.05, 3.63) is 55.6 Å². The highest BCUT2D eigenvalue weighted by molar-refractivity contribution is 14.1. The summed E-state index contributed by atoms with van der Waals surface area (Å²) in [6, 6.07) is 8.49. The van der Waals surface area contributed by atoms with Crippen molar-refractivity contribution in [3.8, 4) is 11.1 Å². The van der Waals surface area contributed by atoms with Crippen LogP contribution < -0.4 is 0 Å². The lowest BCUT2D eigenvalue weighted by Gasteiger charge is -2.11. The van der Waals surface area contributed by atoms with E-state index in [-0.39, 0.29) is 0 Å². The van der Waals surface area contributed by atoms with Crippen LogP contribution in [0.3, 0.4) is 0 Å². The molecule has 0 nitrogen and oxygen atoms in total. The van der Waals surface area contributed by atoms with Crippen molar-refractivity contribution < 1.29 is 13.2 Å². The van der Waals surface area contributed by atoms with Crippen LogP contribution in [0.25, 0.3) is 11.1 Å². The van der Waals surface area contributed by atoms with Gasteiger partial charge in [-0.05, 0) is 64.6 Å². The molecule has 0 N–H and O–H groups in total. The third-order valence-electron chi connectivity index (χ3n) is 2.46. The SMILES string of the molecule is FC(F)(F)c1cc(I)cc(-c2cc(Cl)ccc2Cl)c1. The molecular weight excluding hydrogens is 411 g/mol. The first-order valence-corrected chi connectivity index (χ1v) is 6.94. The fourth-order valence-electron chi connectivity index (χ4n) is 1.63. The number of halogens is 6. The number of benzene rings is 2. The van der Waals surface area contributed by atoms with Crippen LogP contribution in [0.2, 0.25) is 10.0 Å². The second kappa shape index (κ2) is 5.50. The predicted octanol–water partition coefficient (Wildman–Crippen LogP) is 6.28. The molecule has 0 aliphatic carbocycles. The average Bonchev–Trinajstić information content (AvgIpc) is 2.30. The quantitative estimate of drug-likeness (QED) is 0.479. The molecule has 0 bridgehead atoms. The predicted molar refractivity (Wildman–Crippen MR) is 79.6 cm³/mol. The van der Waals surface area contributed by atoms with Crippen LogP contribution in [0.1, 0.15) is 5.56 Å². The number of hydrogen-bond acceptors (Lipinski definition) is 0. The lowest BCUT2D eigenvalue weighted by atomic mass is 10.0. The first-order chi connectivity index (χ1) is 8.77. The summed E-state index contributed by atoms with van der Waals surface area (Å²) in [4.78, 5) is 0. The number of hydrogen-bond donors (Lipinski definition) is 0. The van der Waals surface area contributed by atoms with Gasteiger partial charge in [0.05, 0.1) is 5.56 Å². The van der Waals surface area contributed by atoms with Gasteiger partial charge in [-0.1, -0.05) is 23.2 Å². The summed E-state index contributed by atoms with van der Waals surface area (Å²) in [5, 5.41) is 0.784. The van der Waals surface area contributed by atoms with Crippen molar-refractivity contribution in [1.29, 1.82) is 0 Å². The third kappa shape index (κ3) is 3.55. The summed E-state index contributed by atoms with van der Waals surface area (Å²) in [6.45, 7) is 0. The van der Waals surface area contributed by atoms with E-state index >= 15 is 0 Å². The van der Waals surface area contributed by atoms with E-state index < -0.39 is 11.7 Å². The van der Waals surface area contributed by atoms with E-state index in [1.165, 1.54) is 0 Å². The Morgan fingerprint density at radius 1 is 0.947 bits per heavy atom. The molecule has 0 heterocycles. The molecule has 0 spiro atoms. The normalized spacial score (nSPS) is 11.7. The summed E-state index contributed by atoms with van der Waals surface area (Å²) < 4.78 is 38.8. The van der Waals surface area contributed by atoms with Crippen LogP contribution in [0, 0.1) is 3.57 Å². The maximum Gasteiger partial charge on any atom is 0.416 e. The van der Waals surface area contributed by atoms with Gasteiger partial charge in [0.2, 0.25) is 0 Å². The van der Waals surface area contributed by atoms with Crippen LogP contribution in [-0.2, 0) is 6.18 Å². The van der Waals surface area contributed by atoms with E-state index in [1.807, 2.05) is 22.6 Å². The molecule has 0 unspecified atom stereocenters. The standard InChI is InChI=1S/C13H6Cl2F3I/c14-9-1-2-12(15)11(6-9)7-3-8(13(16,17)18)5-10(19)4-7/h1-6H. The van der Waals surface area contributed by atoms with Crippen LogP contribution in [0.5, 0.6) is 0 Å². The van der Waals surface area contributed by atoms with Gasteiger partial charge in [-0.25, -0.2) is 0 Å². The van der Waals surface area contributed by atoms with Gasteiger partial charge in [0.25, 0.3) is 0 Å². The molecule has 6 heteroatoms. The summed E-state index contributed by atoms with van der Waals surface area (Å²) in [5.41, 5.74) is 0.176. The Labute approximate surface area is 131 Å². The molecule has 0 atom stereocenters. The molecule has 2 rings (SSSR count). The Morgan fingerprint density at radius 2 is 1.63 bits per heavy atom. The Hall–Kier alpha value is -0.460. The fraction of sp³-hybridized carbons (Fsp3) is 0.0769. The topological polar surface area (TPSA) is 0 Å². The molecule has 0 aliphatic heterocycles. The summed E-state index contributed by atoms with van der Waals surface area (Å²) in [5.74, 6) is 0. The van der Waals surface area contributed by atoms with Crippen LogP contribution >= 0.6 is 45.8 Å². The molecule has 0 aromatic heterocycles. The molecule has 100 valence electrons. The average molecular weight is 417 g/mol. The Balaban J connectivity index is 2.63. The van der Waals surface area contributed by atoms with Gasteiger partial charge in [0.1, 0.15) is 0 Å². The third-order valence-corrected chi connectivity index (χ3v) is 3.65. The second-order valence-electron chi connectivity index (χ2n) is 3.85. The van der Waals surface area contributed by atoms with Crippen molar-refractivity contribution >= 4 is 45.8 Å². The molecule has 2 aromatic rings. The van der Waals surface area contributed by atoms with Crippen LogP contribution in [0.4, 0.5) is 13.2 Å². The van der Waals surface area contributed by atoms with E-state index in [0.717, 1.165) is 12.1 Å². The molecule has 0 amide bonds. The minimum absolute atomic E-state index is 0.361. The summed E-state index contributed by atoms with van der Waals surface area (Å²) >= 11 is 13.7. The molecule has 0 saturated heterocycles. The van der Waals surface area contributed by atoms with E-state index in [4.69, 9.17) is 23.2 Å². The van der Waals surface area contributed by atoms with E-state index in [9.17, 15) is 13.2 Å².